The summed E-state index contributed by atoms with van der Waals surface area (Å²) in [6, 6.07) is 24.5. The predicted octanol–water partition coefficient (Wildman–Crippen LogP) is 6.08. The van der Waals surface area contributed by atoms with E-state index in [1.54, 1.807) is 30.3 Å². The molecule has 1 unspecified atom stereocenters. The third-order valence-electron chi connectivity index (χ3n) is 6.11. The molecule has 0 spiro atoms. The van der Waals surface area contributed by atoms with Crippen LogP contribution in [-0.4, -0.2) is 22.2 Å². The highest BCUT2D eigenvalue weighted by Crippen LogP contribution is 2.30. The average molecular weight is 522 g/mol. The number of hydrogen-bond donors (Lipinski definition) is 3. The number of halogens is 3. The highest BCUT2D eigenvalue weighted by molar-refractivity contribution is 6.03. The van der Waals surface area contributed by atoms with Gasteiger partial charge >= 0.3 is 6.18 Å². The van der Waals surface area contributed by atoms with Crippen LogP contribution in [-0.2, 0) is 12.7 Å². The predicted molar refractivity (Wildman–Crippen MR) is 142 cm³/mol. The van der Waals surface area contributed by atoms with Gasteiger partial charge in [0.1, 0.15) is 5.69 Å². The number of benzene rings is 3. The zero-order chi connectivity index (χ0) is 27.1. The van der Waals surface area contributed by atoms with Crippen LogP contribution in [0.4, 0.5) is 18.9 Å². The maximum Gasteiger partial charge on any atom is 0.435 e. The number of carbonyl (C=O) groups excluding carboxylic acids is 1. The molecule has 3 aromatic carbocycles. The van der Waals surface area contributed by atoms with Crippen molar-refractivity contribution in [3.63, 3.8) is 0 Å². The van der Waals surface area contributed by atoms with E-state index in [1.807, 2.05) is 48.5 Å². The van der Waals surface area contributed by atoms with Gasteiger partial charge in [-0.15, -0.1) is 0 Å². The van der Waals surface area contributed by atoms with Crippen molar-refractivity contribution in [2.24, 2.45) is 5.73 Å². The first-order chi connectivity index (χ1) is 18.3. The number of carbonyl (C=O) groups is 1. The fraction of sp³-hybridized carbons (Fsp3) is 0.241. The van der Waals surface area contributed by atoms with E-state index >= 15 is 0 Å². The van der Waals surface area contributed by atoms with E-state index < -0.39 is 17.8 Å². The van der Waals surface area contributed by atoms with E-state index in [-0.39, 0.29) is 18.3 Å². The topological polar surface area (TPSA) is 85.0 Å². The smallest absolute Gasteiger partial charge is 0.326 e. The minimum absolute atomic E-state index is 0.110. The number of aromatic nitrogens is 2. The lowest BCUT2D eigenvalue weighted by atomic mass is 9.98. The second kappa shape index (κ2) is 12.1. The Labute approximate surface area is 219 Å². The van der Waals surface area contributed by atoms with Crippen LogP contribution < -0.4 is 16.4 Å². The average Bonchev–Trinajstić information content (AvgIpc) is 3.39. The van der Waals surface area contributed by atoms with Crippen molar-refractivity contribution in [2.75, 3.05) is 11.9 Å². The molecule has 4 N–H and O–H groups in total. The number of nitrogens with zero attached hydrogens (tertiary/aromatic N) is 2. The number of rotatable bonds is 10. The van der Waals surface area contributed by atoms with Gasteiger partial charge in [-0.1, -0.05) is 67.9 Å². The van der Waals surface area contributed by atoms with E-state index in [9.17, 15) is 18.0 Å². The number of nitrogens with one attached hydrogen (secondary N) is 2. The second-order valence-corrected chi connectivity index (χ2v) is 8.93. The van der Waals surface area contributed by atoms with Gasteiger partial charge < -0.3 is 16.4 Å². The van der Waals surface area contributed by atoms with Crippen LogP contribution in [0.1, 0.15) is 58.7 Å². The summed E-state index contributed by atoms with van der Waals surface area (Å²) >= 11 is 0. The van der Waals surface area contributed by atoms with Crippen LogP contribution in [0.5, 0.6) is 0 Å². The molecule has 0 bridgehead atoms. The SMILES string of the molecule is CCCCNC(c1ccccc1)c1cccc(NC(=O)c2cc(C(F)(F)F)nn2-c2cccc(CN)c2)c1. The maximum absolute atomic E-state index is 13.5. The summed E-state index contributed by atoms with van der Waals surface area (Å²) < 4.78 is 41.6. The molecule has 1 amide bonds. The Bertz CT molecular complexity index is 1370. The Balaban J connectivity index is 1.65. The van der Waals surface area contributed by atoms with E-state index in [0.29, 0.717) is 16.9 Å². The number of alkyl halides is 3. The van der Waals surface area contributed by atoms with Crippen molar-refractivity contribution in [2.45, 2.75) is 38.5 Å². The van der Waals surface area contributed by atoms with Gasteiger partial charge in [-0.3, -0.25) is 4.79 Å². The van der Waals surface area contributed by atoms with Crippen LogP contribution in [0.2, 0.25) is 0 Å². The van der Waals surface area contributed by atoms with Crippen LogP contribution in [0.15, 0.2) is 84.9 Å². The van der Waals surface area contributed by atoms with Gasteiger partial charge in [-0.2, -0.15) is 18.3 Å². The van der Waals surface area contributed by atoms with E-state index in [1.165, 1.54) is 0 Å². The van der Waals surface area contributed by atoms with E-state index in [0.717, 1.165) is 41.3 Å². The van der Waals surface area contributed by atoms with Gasteiger partial charge in [0.05, 0.1) is 11.7 Å². The normalized spacial score (nSPS) is 12.3. The summed E-state index contributed by atoms with van der Waals surface area (Å²) in [6.45, 7) is 3.13. The highest BCUT2D eigenvalue weighted by atomic mass is 19.4. The van der Waals surface area contributed by atoms with Crippen LogP contribution in [0, 0.1) is 0 Å². The molecular formula is C29H30F3N5O. The molecule has 0 fully saturated rings. The lowest BCUT2D eigenvalue weighted by Gasteiger charge is -2.21. The van der Waals surface area contributed by atoms with Gasteiger partial charge in [0.2, 0.25) is 0 Å². The maximum atomic E-state index is 13.5. The van der Waals surface area contributed by atoms with Crippen molar-refractivity contribution in [3.05, 3.63) is 113 Å². The molecule has 6 nitrogen and oxygen atoms in total. The molecule has 0 aliphatic rings. The first-order valence-electron chi connectivity index (χ1n) is 12.5. The monoisotopic (exact) mass is 521 g/mol. The molecule has 4 rings (SSSR count). The number of unbranched alkanes of at least 4 members (excludes halogenated alkanes) is 1. The molecule has 0 aliphatic heterocycles. The Hall–Kier alpha value is -3.95. The first-order valence-corrected chi connectivity index (χ1v) is 12.5. The van der Waals surface area contributed by atoms with E-state index in [4.69, 9.17) is 5.73 Å². The second-order valence-electron chi connectivity index (χ2n) is 8.93. The summed E-state index contributed by atoms with van der Waals surface area (Å²) in [4.78, 5) is 13.3. The number of anilines is 1. The van der Waals surface area contributed by atoms with Crippen LogP contribution in [0.3, 0.4) is 0 Å². The van der Waals surface area contributed by atoms with Gasteiger partial charge in [0, 0.05) is 18.3 Å². The Morgan fingerprint density at radius 1 is 0.974 bits per heavy atom. The third kappa shape index (κ3) is 6.48. The number of hydrogen-bond acceptors (Lipinski definition) is 4. The number of nitrogens with two attached hydrogens (primary N) is 1. The highest BCUT2D eigenvalue weighted by Gasteiger charge is 2.36. The summed E-state index contributed by atoms with van der Waals surface area (Å²) in [5.74, 6) is -0.710. The molecule has 4 aromatic rings. The van der Waals surface area contributed by atoms with E-state index in [2.05, 4.69) is 22.7 Å². The molecular weight excluding hydrogens is 491 g/mol. The molecule has 198 valence electrons. The van der Waals surface area contributed by atoms with Crippen molar-refractivity contribution >= 4 is 11.6 Å². The Morgan fingerprint density at radius 2 is 1.71 bits per heavy atom. The summed E-state index contributed by atoms with van der Waals surface area (Å²) in [6.07, 6.45) is -2.65. The standard InChI is InChI=1S/C29H30F3N5O/c1-2-3-15-34-27(21-10-5-4-6-11-21)22-12-8-13-23(17-22)35-28(38)25-18-26(29(30,31)32)36-37(25)24-14-7-9-20(16-24)19-33/h4-14,16-18,27,34H,2-3,15,19,33H2,1H3,(H,35,38). The van der Waals surface area contributed by atoms with Gasteiger partial charge in [0.15, 0.2) is 5.69 Å². The molecule has 1 heterocycles. The fourth-order valence-corrected chi connectivity index (χ4v) is 4.18. The minimum atomic E-state index is -4.71. The molecule has 1 atom stereocenters. The van der Waals surface area contributed by atoms with Crippen molar-refractivity contribution < 1.29 is 18.0 Å². The van der Waals surface area contributed by atoms with Gasteiger partial charge in [0.25, 0.3) is 5.91 Å². The quantitative estimate of drug-likeness (QED) is 0.221. The molecule has 0 aliphatic carbocycles. The summed E-state index contributed by atoms with van der Waals surface area (Å²) in [5, 5.41) is 10.0. The molecule has 1 aromatic heterocycles. The van der Waals surface area contributed by atoms with Crippen LogP contribution >= 0.6 is 0 Å². The zero-order valence-corrected chi connectivity index (χ0v) is 21.0. The summed E-state index contributed by atoms with van der Waals surface area (Å²) in [5.41, 5.74) is 7.77. The Kier molecular flexibility index (Phi) is 8.60. The molecule has 0 radical (unpaired) electrons. The van der Waals surface area contributed by atoms with Gasteiger partial charge in [-0.25, -0.2) is 4.68 Å². The minimum Gasteiger partial charge on any atom is -0.326 e. The lowest BCUT2D eigenvalue weighted by Crippen LogP contribution is -2.24. The van der Waals surface area contributed by atoms with Gasteiger partial charge in [-0.05, 0) is 53.9 Å². The van der Waals surface area contributed by atoms with Crippen LogP contribution in [0.25, 0.3) is 5.69 Å². The molecule has 38 heavy (non-hydrogen) atoms. The fourth-order valence-electron chi connectivity index (χ4n) is 4.18. The zero-order valence-electron chi connectivity index (χ0n) is 21.0. The lowest BCUT2D eigenvalue weighted by molar-refractivity contribution is -0.141. The molecule has 0 saturated heterocycles. The van der Waals surface area contributed by atoms with Crippen molar-refractivity contribution in [1.29, 1.82) is 0 Å². The Morgan fingerprint density at radius 3 is 2.42 bits per heavy atom. The molecule has 0 saturated carbocycles. The largest absolute Gasteiger partial charge is 0.435 e. The molecule has 9 heteroatoms. The van der Waals surface area contributed by atoms with Crippen molar-refractivity contribution in [1.82, 2.24) is 15.1 Å². The summed E-state index contributed by atoms with van der Waals surface area (Å²) in [7, 11) is 0. The number of amides is 1. The van der Waals surface area contributed by atoms with Crippen molar-refractivity contribution in [3.8, 4) is 5.69 Å². The third-order valence-corrected chi connectivity index (χ3v) is 6.11. The first kappa shape index (κ1) is 27.1.